The van der Waals surface area contributed by atoms with Gasteiger partial charge in [-0.2, -0.15) is 0 Å². The molecular weight excluding hydrogens is 319 g/mol. The van der Waals surface area contributed by atoms with Crippen molar-refractivity contribution in [2.24, 2.45) is 0 Å². The number of rotatable bonds is 6. The monoisotopic (exact) mass is 332 g/mol. The minimum absolute atomic E-state index is 0.0130. The molecule has 0 aliphatic rings. The summed E-state index contributed by atoms with van der Waals surface area (Å²) in [5.41, 5.74) is 0.373. The SMILES string of the molecule is CNCc1cc(S(=O)(=O)NCc2ncc[nH]2)cc(F)c1Cl. The third-order valence-corrected chi connectivity index (χ3v) is 4.54. The Hall–Kier alpha value is -1.48. The van der Waals surface area contributed by atoms with Gasteiger partial charge in [-0.25, -0.2) is 22.5 Å². The van der Waals surface area contributed by atoms with Crippen LogP contribution in [-0.2, 0) is 23.1 Å². The number of aromatic amines is 1. The van der Waals surface area contributed by atoms with Crippen LogP contribution in [0.1, 0.15) is 11.4 Å². The molecule has 2 aromatic rings. The Morgan fingerprint density at radius 2 is 2.14 bits per heavy atom. The van der Waals surface area contributed by atoms with Gasteiger partial charge in [0.2, 0.25) is 10.0 Å². The number of nitrogens with one attached hydrogen (secondary N) is 3. The van der Waals surface area contributed by atoms with Gasteiger partial charge in [0.15, 0.2) is 0 Å². The first-order chi connectivity index (χ1) is 9.94. The van der Waals surface area contributed by atoms with Crippen LogP contribution in [0.15, 0.2) is 29.4 Å². The third-order valence-electron chi connectivity index (χ3n) is 2.74. The maximum Gasteiger partial charge on any atom is 0.241 e. The molecule has 0 amide bonds. The van der Waals surface area contributed by atoms with Crippen molar-refractivity contribution in [1.82, 2.24) is 20.0 Å². The summed E-state index contributed by atoms with van der Waals surface area (Å²) in [4.78, 5) is 6.49. The van der Waals surface area contributed by atoms with Crippen molar-refractivity contribution < 1.29 is 12.8 Å². The molecule has 0 saturated carbocycles. The molecule has 0 unspecified atom stereocenters. The lowest BCUT2D eigenvalue weighted by Gasteiger charge is -2.10. The van der Waals surface area contributed by atoms with Crippen molar-refractivity contribution in [3.05, 3.63) is 46.8 Å². The molecule has 1 heterocycles. The number of halogens is 2. The fraction of sp³-hybridized carbons (Fsp3) is 0.250. The molecule has 0 spiro atoms. The van der Waals surface area contributed by atoms with E-state index in [9.17, 15) is 12.8 Å². The van der Waals surface area contributed by atoms with Gasteiger partial charge in [-0.05, 0) is 24.7 Å². The smallest absolute Gasteiger partial charge is 0.241 e. The zero-order valence-electron chi connectivity index (χ0n) is 11.2. The van der Waals surface area contributed by atoms with E-state index in [1.54, 1.807) is 13.2 Å². The van der Waals surface area contributed by atoms with E-state index in [0.29, 0.717) is 11.4 Å². The van der Waals surface area contributed by atoms with Gasteiger partial charge in [0.05, 0.1) is 16.5 Å². The summed E-state index contributed by atoms with van der Waals surface area (Å²) >= 11 is 5.81. The lowest BCUT2D eigenvalue weighted by Crippen LogP contribution is -2.24. The van der Waals surface area contributed by atoms with Gasteiger partial charge in [0.25, 0.3) is 0 Å². The summed E-state index contributed by atoms with van der Waals surface area (Å²) in [5.74, 6) is -0.314. The average Bonchev–Trinajstić information content (AvgIpc) is 2.95. The Kier molecular flexibility index (Phi) is 4.94. The van der Waals surface area contributed by atoms with Crippen LogP contribution in [-0.4, -0.2) is 25.4 Å². The largest absolute Gasteiger partial charge is 0.347 e. The van der Waals surface area contributed by atoms with Crippen LogP contribution < -0.4 is 10.0 Å². The molecule has 9 heteroatoms. The molecule has 0 atom stereocenters. The molecule has 114 valence electrons. The topological polar surface area (TPSA) is 86.9 Å². The molecule has 0 aliphatic carbocycles. The summed E-state index contributed by atoms with van der Waals surface area (Å²) < 4.78 is 40.4. The summed E-state index contributed by atoms with van der Waals surface area (Å²) in [6, 6.07) is 2.23. The van der Waals surface area contributed by atoms with Gasteiger partial charge < -0.3 is 10.3 Å². The Balaban J connectivity index is 2.27. The second-order valence-electron chi connectivity index (χ2n) is 4.27. The van der Waals surface area contributed by atoms with Crippen LogP contribution in [0.5, 0.6) is 0 Å². The van der Waals surface area contributed by atoms with E-state index in [-0.39, 0.29) is 23.0 Å². The second-order valence-corrected chi connectivity index (χ2v) is 6.41. The third kappa shape index (κ3) is 3.79. The fourth-order valence-electron chi connectivity index (χ4n) is 1.73. The van der Waals surface area contributed by atoms with Crippen molar-refractivity contribution in [3.8, 4) is 0 Å². The highest BCUT2D eigenvalue weighted by Crippen LogP contribution is 2.24. The van der Waals surface area contributed by atoms with E-state index in [2.05, 4.69) is 20.0 Å². The molecule has 0 saturated heterocycles. The number of imidazole rings is 1. The fourth-order valence-corrected chi connectivity index (χ4v) is 2.96. The van der Waals surface area contributed by atoms with Gasteiger partial charge in [-0.1, -0.05) is 11.6 Å². The van der Waals surface area contributed by atoms with Crippen LogP contribution in [0.2, 0.25) is 5.02 Å². The van der Waals surface area contributed by atoms with E-state index in [1.165, 1.54) is 12.3 Å². The zero-order valence-corrected chi connectivity index (χ0v) is 12.7. The Bertz CT molecular complexity index is 719. The maximum atomic E-state index is 13.7. The van der Waals surface area contributed by atoms with E-state index >= 15 is 0 Å². The number of hydrogen-bond acceptors (Lipinski definition) is 4. The molecule has 0 fully saturated rings. The highest BCUT2D eigenvalue weighted by molar-refractivity contribution is 7.89. The maximum absolute atomic E-state index is 13.7. The van der Waals surface area contributed by atoms with Crippen LogP contribution in [0.4, 0.5) is 4.39 Å². The minimum Gasteiger partial charge on any atom is -0.347 e. The van der Waals surface area contributed by atoms with Gasteiger partial charge in [0, 0.05) is 18.9 Å². The van der Waals surface area contributed by atoms with Gasteiger partial charge >= 0.3 is 0 Å². The predicted octanol–water partition coefficient (Wildman–Crippen LogP) is 1.40. The lowest BCUT2D eigenvalue weighted by molar-refractivity contribution is 0.575. The molecule has 3 N–H and O–H groups in total. The molecule has 0 aliphatic heterocycles. The zero-order chi connectivity index (χ0) is 15.5. The molecule has 0 radical (unpaired) electrons. The van der Waals surface area contributed by atoms with Crippen molar-refractivity contribution >= 4 is 21.6 Å². The molecule has 2 rings (SSSR count). The number of nitrogens with zero attached hydrogens (tertiary/aromatic N) is 1. The summed E-state index contributed by atoms with van der Waals surface area (Å²) in [6.45, 7) is 0.248. The molecule has 6 nitrogen and oxygen atoms in total. The van der Waals surface area contributed by atoms with Crippen molar-refractivity contribution in [3.63, 3.8) is 0 Å². The molecule has 1 aromatic carbocycles. The first kappa shape index (κ1) is 15.9. The quantitative estimate of drug-likeness (QED) is 0.746. The van der Waals surface area contributed by atoms with Crippen LogP contribution in [0.25, 0.3) is 0 Å². The van der Waals surface area contributed by atoms with Crippen LogP contribution in [0.3, 0.4) is 0 Å². The first-order valence-electron chi connectivity index (χ1n) is 6.04. The molecule has 21 heavy (non-hydrogen) atoms. The van der Waals surface area contributed by atoms with Gasteiger partial charge in [-0.15, -0.1) is 0 Å². The Morgan fingerprint density at radius 3 is 2.76 bits per heavy atom. The Morgan fingerprint density at radius 1 is 1.38 bits per heavy atom. The standard InChI is InChI=1S/C12H14ClFN4O2S/c1-15-6-8-4-9(5-10(14)12(8)13)21(19,20)18-7-11-16-2-3-17-11/h2-5,15,18H,6-7H2,1H3,(H,16,17). The molecular formula is C12H14ClFN4O2S. The number of sulfonamides is 1. The molecule has 0 bridgehead atoms. The van der Waals surface area contributed by atoms with E-state index < -0.39 is 15.8 Å². The summed E-state index contributed by atoms with van der Waals surface area (Å²) in [7, 11) is -2.20. The van der Waals surface area contributed by atoms with Crippen molar-refractivity contribution in [1.29, 1.82) is 0 Å². The number of aromatic nitrogens is 2. The summed E-state index contributed by atoms with van der Waals surface area (Å²) in [6.07, 6.45) is 3.09. The minimum atomic E-state index is -3.85. The molecule has 1 aromatic heterocycles. The van der Waals surface area contributed by atoms with Crippen LogP contribution in [0, 0.1) is 5.82 Å². The van der Waals surface area contributed by atoms with E-state index in [0.717, 1.165) is 6.07 Å². The van der Waals surface area contributed by atoms with Crippen molar-refractivity contribution in [2.45, 2.75) is 18.0 Å². The number of hydrogen-bond donors (Lipinski definition) is 3. The van der Waals surface area contributed by atoms with Crippen molar-refractivity contribution in [2.75, 3.05) is 7.05 Å². The second kappa shape index (κ2) is 6.52. The van der Waals surface area contributed by atoms with Gasteiger partial charge in [-0.3, -0.25) is 0 Å². The number of H-pyrrole nitrogens is 1. The van der Waals surface area contributed by atoms with Gasteiger partial charge in [0.1, 0.15) is 11.6 Å². The van der Waals surface area contributed by atoms with E-state index in [1.807, 2.05) is 0 Å². The summed E-state index contributed by atoms with van der Waals surface area (Å²) in [5, 5.41) is 2.72. The van der Waals surface area contributed by atoms with E-state index in [4.69, 9.17) is 11.6 Å². The average molecular weight is 333 g/mol. The first-order valence-corrected chi connectivity index (χ1v) is 7.90. The van der Waals surface area contributed by atoms with Crippen LogP contribution >= 0.6 is 11.6 Å². The Labute approximate surface area is 126 Å². The highest BCUT2D eigenvalue weighted by atomic mass is 35.5. The number of benzene rings is 1. The normalized spacial score (nSPS) is 11.8. The lowest BCUT2D eigenvalue weighted by atomic mass is 10.2. The predicted molar refractivity (Wildman–Crippen MR) is 76.8 cm³/mol. The highest BCUT2D eigenvalue weighted by Gasteiger charge is 2.19.